The maximum atomic E-state index is 12.9. The van der Waals surface area contributed by atoms with Crippen molar-refractivity contribution in [3.8, 4) is 11.5 Å². The molecular formula is C26H28N6O5S. The fourth-order valence-corrected chi connectivity index (χ4v) is 4.83. The van der Waals surface area contributed by atoms with Crippen LogP contribution < -0.4 is 20.3 Å². The summed E-state index contributed by atoms with van der Waals surface area (Å²) in [5, 5.41) is 12.9. The third kappa shape index (κ3) is 4.87. The van der Waals surface area contributed by atoms with Crippen molar-refractivity contribution < 1.29 is 23.8 Å². The number of nitrogens with one attached hydrogen (secondary N) is 4. The van der Waals surface area contributed by atoms with E-state index in [-0.39, 0.29) is 23.8 Å². The molecule has 2 aromatic carbocycles. The Hall–Kier alpha value is -4.16. The van der Waals surface area contributed by atoms with Crippen LogP contribution in [0, 0.1) is 10.2 Å². The van der Waals surface area contributed by atoms with Crippen molar-refractivity contribution in [1.29, 1.82) is 5.41 Å². The number of hydrogen-bond donors (Lipinski definition) is 4. The highest BCUT2D eigenvalue weighted by Crippen LogP contribution is 2.30. The van der Waals surface area contributed by atoms with Gasteiger partial charge >= 0.3 is 0 Å². The number of aromatic nitrogens is 3. The van der Waals surface area contributed by atoms with Crippen molar-refractivity contribution in [2.75, 3.05) is 47.1 Å². The van der Waals surface area contributed by atoms with E-state index < -0.39 is 0 Å². The number of fused-ring (bicyclic) bond motifs is 2. The zero-order chi connectivity index (χ0) is 26.8. The van der Waals surface area contributed by atoms with Crippen LogP contribution in [0.4, 0.5) is 0 Å². The molecule has 11 nitrogen and oxygen atoms in total. The Morgan fingerprint density at radius 1 is 1.05 bits per heavy atom. The number of nitrogens with zero attached hydrogens (tertiary/aromatic N) is 2. The molecular weight excluding hydrogens is 508 g/mol. The number of carbonyl (C=O) groups is 2. The van der Waals surface area contributed by atoms with Crippen molar-refractivity contribution in [3.05, 3.63) is 57.9 Å². The molecule has 198 valence electrons. The molecule has 0 aliphatic carbocycles. The summed E-state index contributed by atoms with van der Waals surface area (Å²) in [4.78, 5) is 33.7. The lowest BCUT2D eigenvalue weighted by Gasteiger charge is -2.26. The van der Waals surface area contributed by atoms with E-state index in [1.54, 1.807) is 53.0 Å². The Kier molecular flexibility index (Phi) is 7.16. The van der Waals surface area contributed by atoms with Crippen LogP contribution in [-0.4, -0.2) is 78.3 Å². The molecule has 4 N–H and O–H groups in total. The maximum absolute atomic E-state index is 12.9. The van der Waals surface area contributed by atoms with Crippen molar-refractivity contribution in [2.45, 2.75) is 6.54 Å². The highest BCUT2D eigenvalue weighted by Gasteiger charge is 2.19. The van der Waals surface area contributed by atoms with Crippen LogP contribution in [0.3, 0.4) is 0 Å². The number of methoxy groups -OCH3 is 2. The Bertz CT molecular complexity index is 1650. The number of rotatable bonds is 7. The normalized spacial score (nSPS) is 13.6. The maximum Gasteiger partial charge on any atom is 0.267 e. The fourth-order valence-electron chi connectivity index (χ4n) is 4.53. The quantitative estimate of drug-likeness (QED) is 0.268. The van der Waals surface area contributed by atoms with E-state index in [1.807, 2.05) is 0 Å². The predicted octanol–water partition coefficient (Wildman–Crippen LogP) is 2.58. The molecule has 0 saturated carbocycles. The summed E-state index contributed by atoms with van der Waals surface area (Å²) in [6.45, 7) is 2.76. The molecule has 1 saturated heterocycles. The van der Waals surface area contributed by atoms with Crippen molar-refractivity contribution in [2.24, 2.45) is 0 Å². The largest absolute Gasteiger partial charge is 0.493 e. The van der Waals surface area contributed by atoms with E-state index in [1.165, 1.54) is 7.11 Å². The van der Waals surface area contributed by atoms with Crippen LogP contribution in [0.5, 0.6) is 11.5 Å². The third-order valence-corrected chi connectivity index (χ3v) is 6.89. The number of morpholine rings is 1. The van der Waals surface area contributed by atoms with E-state index in [0.29, 0.717) is 71.3 Å². The Morgan fingerprint density at radius 2 is 1.79 bits per heavy atom. The first-order valence-electron chi connectivity index (χ1n) is 12.1. The summed E-state index contributed by atoms with van der Waals surface area (Å²) in [6, 6.07) is 10.5. The summed E-state index contributed by atoms with van der Waals surface area (Å²) in [6.07, 6.45) is 0. The van der Waals surface area contributed by atoms with Crippen LogP contribution in [0.2, 0.25) is 0 Å². The highest BCUT2D eigenvalue weighted by molar-refractivity contribution is 7.71. The molecule has 5 rings (SSSR count). The van der Waals surface area contributed by atoms with Crippen LogP contribution in [0.1, 0.15) is 20.8 Å². The molecule has 2 amide bonds. The standard InChI is InChI=1S/C26H28N6O5S/c1-35-21-13-17-19(14-22(21)36-2)30-26(38)32(23(17)27)6-5-28-24(33)20-12-16-11-15(3-4-18(16)29-20)25(34)31-7-9-37-10-8-31/h3-4,11-14,27,29H,5-10H2,1-2H3,(H,28,33)(H,30,38). The van der Waals surface area contributed by atoms with E-state index in [0.717, 1.165) is 10.9 Å². The number of ether oxygens (including phenoxy) is 3. The Labute approximate surface area is 222 Å². The van der Waals surface area contributed by atoms with Gasteiger partial charge in [-0.2, -0.15) is 0 Å². The molecule has 1 aliphatic heterocycles. The molecule has 0 spiro atoms. The minimum absolute atomic E-state index is 0.0476. The molecule has 3 heterocycles. The third-order valence-electron chi connectivity index (χ3n) is 6.57. The van der Waals surface area contributed by atoms with Gasteiger partial charge < -0.3 is 39.0 Å². The van der Waals surface area contributed by atoms with Gasteiger partial charge in [-0.05, 0) is 42.5 Å². The zero-order valence-corrected chi connectivity index (χ0v) is 21.9. The second-order valence-corrected chi connectivity index (χ2v) is 9.22. The van der Waals surface area contributed by atoms with Gasteiger partial charge in [0.1, 0.15) is 11.2 Å². The SMILES string of the molecule is COc1cc2[nH]c(=S)n(CCNC(=O)c3cc4cc(C(=O)N5CCOCC5)ccc4[nH]3)c(=N)c2cc1OC. The lowest BCUT2D eigenvalue weighted by molar-refractivity contribution is 0.0303. The van der Waals surface area contributed by atoms with Crippen LogP contribution in [0.25, 0.3) is 21.8 Å². The van der Waals surface area contributed by atoms with Gasteiger partial charge in [-0.25, -0.2) is 0 Å². The van der Waals surface area contributed by atoms with E-state index in [4.69, 9.17) is 31.8 Å². The molecule has 0 bridgehead atoms. The van der Waals surface area contributed by atoms with Gasteiger partial charge in [0, 0.05) is 54.1 Å². The fraction of sp³-hybridized carbons (Fsp3) is 0.308. The average Bonchev–Trinajstić information content (AvgIpc) is 3.38. The molecule has 2 aromatic heterocycles. The molecule has 0 unspecified atom stereocenters. The van der Waals surface area contributed by atoms with Gasteiger partial charge in [0.05, 0.1) is 33.0 Å². The zero-order valence-electron chi connectivity index (χ0n) is 21.1. The van der Waals surface area contributed by atoms with E-state index >= 15 is 0 Å². The van der Waals surface area contributed by atoms with Gasteiger partial charge in [0.2, 0.25) is 0 Å². The first-order valence-corrected chi connectivity index (χ1v) is 12.5. The molecule has 12 heteroatoms. The first-order chi connectivity index (χ1) is 18.4. The van der Waals surface area contributed by atoms with Crippen molar-refractivity contribution in [3.63, 3.8) is 0 Å². The van der Waals surface area contributed by atoms with Crippen molar-refractivity contribution in [1.82, 2.24) is 24.8 Å². The monoisotopic (exact) mass is 536 g/mol. The topological polar surface area (TPSA) is 137 Å². The lowest BCUT2D eigenvalue weighted by Crippen LogP contribution is -2.40. The number of hydrogen-bond acceptors (Lipinski definition) is 7. The van der Waals surface area contributed by atoms with Gasteiger partial charge in [-0.3, -0.25) is 15.0 Å². The summed E-state index contributed by atoms with van der Waals surface area (Å²) in [5.41, 5.74) is 2.57. The molecule has 38 heavy (non-hydrogen) atoms. The number of benzene rings is 2. The Morgan fingerprint density at radius 3 is 2.53 bits per heavy atom. The molecule has 0 radical (unpaired) electrons. The summed E-state index contributed by atoms with van der Waals surface area (Å²) in [5.74, 6) is 0.698. The number of aromatic amines is 2. The van der Waals surface area contributed by atoms with Crippen molar-refractivity contribution >= 4 is 45.8 Å². The van der Waals surface area contributed by atoms with Gasteiger partial charge in [0.15, 0.2) is 16.3 Å². The van der Waals surface area contributed by atoms with Crippen LogP contribution in [0.15, 0.2) is 36.4 Å². The predicted molar refractivity (Wildman–Crippen MR) is 143 cm³/mol. The summed E-state index contributed by atoms with van der Waals surface area (Å²) in [7, 11) is 3.08. The Balaban J connectivity index is 1.29. The van der Waals surface area contributed by atoms with Gasteiger partial charge in [-0.1, -0.05) is 0 Å². The molecule has 1 aliphatic rings. The molecule has 4 aromatic rings. The molecule has 0 atom stereocenters. The smallest absolute Gasteiger partial charge is 0.267 e. The number of carbonyl (C=O) groups excluding carboxylic acids is 2. The minimum Gasteiger partial charge on any atom is -0.493 e. The second kappa shape index (κ2) is 10.7. The first kappa shape index (κ1) is 25.5. The molecule has 1 fully saturated rings. The number of H-pyrrole nitrogens is 2. The summed E-state index contributed by atoms with van der Waals surface area (Å²) < 4.78 is 18.0. The summed E-state index contributed by atoms with van der Waals surface area (Å²) >= 11 is 5.46. The highest BCUT2D eigenvalue weighted by atomic mass is 32.1. The van der Waals surface area contributed by atoms with Gasteiger partial charge in [-0.15, -0.1) is 0 Å². The second-order valence-electron chi connectivity index (χ2n) is 8.83. The lowest BCUT2D eigenvalue weighted by atomic mass is 10.1. The average molecular weight is 537 g/mol. The van der Waals surface area contributed by atoms with E-state index in [2.05, 4.69) is 15.3 Å². The van der Waals surface area contributed by atoms with E-state index in [9.17, 15) is 9.59 Å². The van der Waals surface area contributed by atoms with Gasteiger partial charge in [0.25, 0.3) is 11.8 Å². The minimum atomic E-state index is -0.295. The number of amides is 2. The van der Waals surface area contributed by atoms with Crippen LogP contribution in [-0.2, 0) is 11.3 Å². The van der Waals surface area contributed by atoms with Crippen LogP contribution >= 0.6 is 12.2 Å².